The number of phenols is 1. The maximum absolute atomic E-state index is 11.3. The highest BCUT2D eigenvalue weighted by Crippen LogP contribution is 2.34. The number of ether oxygens (including phenoxy) is 1. The van der Waals surface area contributed by atoms with E-state index in [1.807, 2.05) is 30.3 Å². The van der Waals surface area contributed by atoms with Crippen LogP contribution < -0.4 is 5.32 Å². The van der Waals surface area contributed by atoms with E-state index >= 15 is 0 Å². The van der Waals surface area contributed by atoms with Crippen molar-refractivity contribution < 1.29 is 14.6 Å². The molecule has 2 aromatic carbocycles. The van der Waals surface area contributed by atoms with Crippen molar-refractivity contribution in [2.45, 2.75) is 12.5 Å². The topological polar surface area (TPSA) is 58.6 Å². The first-order valence-electron chi connectivity index (χ1n) is 5.89. The fraction of sp³-hybridized carbons (Fsp3) is 0.214. The molecule has 0 bridgehead atoms. The second-order valence-electron chi connectivity index (χ2n) is 4.34. The predicted octanol–water partition coefficient (Wildman–Crippen LogP) is 2.72. The molecule has 18 heavy (non-hydrogen) atoms. The van der Waals surface area contributed by atoms with Crippen LogP contribution in [0.3, 0.4) is 0 Å². The second-order valence-corrected chi connectivity index (χ2v) is 4.34. The number of fused-ring (bicyclic) bond motifs is 1. The molecule has 0 spiro atoms. The molecule has 0 aliphatic carbocycles. The average molecular weight is 243 g/mol. The molecule has 2 N–H and O–H groups in total. The molecule has 1 aliphatic heterocycles. The highest BCUT2D eigenvalue weighted by Gasteiger charge is 2.24. The largest absolute Gasteiger partial charge is 0.508 e. The third kappa shape index (κ3) is 1.76. The van der Waals surface area contributed by atoms with Crippen LogP contribution >= 0.6 is 0 Å². The summed E-state index contributed by atoms with van der Waals surface area (Å²) in [6, 6.07) is 11.1. The molecule has 1 aliphatic rings. The van der Waals surface area contributed by atoms with E-state index < -0.39 is 6.09 Å². The zero-order valence-electron chi connectivity index (χ0n) is 9.72. The van der Waals surface area contributed by atoms with Crippen LogP contribution in [0.15, 0.2) is 36.4 Å². The molecule has 1 heterocycles. The SMILES string of the molecule is O=C1N[C@@H](c2c(O)ccc3ccccc23)CCO1. The van der Waals surface area contributed by atoms with Gasteiger partial charge in [-0.15, -0.1) is 0 Å². The molecule has 0 saturated carbocycles. The average Bonchev–Trinajstić information content (AvgIpc) is 2.38. The minimum atomic E-state index is -0.432. The van der Waals surface area contributed by atoms with Crippen LogP contribution in [-0.2, 0) is 4.74 Å². The van der Waals surface area contributed by atoms with Gasteiger partial charge in [0.1, 0.15) is 5.75 Å². The molecular weight excluding hydrogens is 230 g/mol. The number of hydrogen-bond donors (Lipinski definition) is 2. The summed E-state index contributed by atoms with van der Waals surface area (Å²) in [6.07, 6.45) is 0.228. The highest BCUT2D eigenvalue weighted by molar-refractivity contribution is 5.88. The molecule has 2 aromatic rings. The Balaban J connectivity index is 2.14. The summed E-state index contributed by atoms with van der Waals surface area (Å²) in [7, 11) is 0. The van der Waals surface area contributed by atoms with Crippen LogP contribution in [0.4, 0.5) is 4.79 Å². The first-order valence-corrected chi connectivity index (χ1v) is 5.89. The fourth-order valence-corrected chi connectivity index (χ4v) is 2.39. The van der Waals surface area contributed by atoms with Crippen molar-refractivity contribution in [1.82, 2.24) is 5.32 Å². The molecule has 4 heteroatoms. The van der Waals surface area contributed by atoms with Crippen molar-refractivity contribution >= 4 is 16.9 Å². The molecule has 1 fully saturated rings. The minimum absolute atomic E-state index is 0.197. The van der Waals surface area contributed by atoms with Gasteiger partial charge in [-0.3, -0.25) is 0 Å². The van der Waals surface area contributed by atoms with Crippen LogP contribution in [0.5, 0.6) is 5.75 Å². The maximum Gasteiger partial charge on any atom is 0.407 e. The Morgan fingerprint density at radius 1 is 1.22 bits per heavy atom. The maximum atomic E-state index is 11.3. The summed E-state index contributed by atoms with van der Waals surface area (Å²) in [5.74, 6) is 0.209. The fourth-order valence-electron chi connectivity index (χ4n) is 2.39. The Morgan fingerprint density at radius 2 is 2.06 bits per heavy atom. The van der Waals surface area contributed by atoms with Gasteiger partial charge in [0.05, 0.1) is 12.6 Å². The number of aromatic hydroxyl groups is 1. The zero-order chi connectivity index (χ0) is 12.5. The number of carbonyl (C=O) groups is 1. The molecule has 4 nitrogen and oxygen atoms in total. The third-order valence-corrected chi connectivity index (χ3v) is 3.23. The number of alkyl carbamates (subject to hydrolysis) is 1. The lowest BCUT2D eigenvalue weighted by Gasteiger charge is -2.25. The highest BCUT2D eigenvalue weighted by atomic mass is 16.5. The van der Waals surface area contributed by atoms with E-state index in [4.69, 9.17) is 4.74 Å². The van der Waals surface area contributed by atoms with Crippen LogP contribution in [0, 0.1) is 0 Å². The van der Waals surface area contributed by atoms with Crippen molar-refractivity contribution in [1.29, 1.82) is 0 Å². The summed E-state index contributed by atoms with van der Waals surface area (Å²) >= 11 is 0. The van der Waals surface area contributed by atoms with Crippen molar-refractivity contribution in [2.75, 3.05) is 6.61 Å². The normalized spacial score (nSPS) is 19.3. The summed E-state index contributed by atoms with van der Waals surface area (Å²) in [6.45, 7) is 0.374. The quantitative estimate of drug-likeness (QED) is 0.809. The smallest absolute Gasteiger partial charge is 0.407 e. The van der Waals surface area contributed by atoms with Crippen molar-refractivity contribution in [3.63, 3.8) is 0 Å². The van der Waals surface area contributed by atoms with Gasteiger partial charge in [0.2, 0.25) is 0 Å². The van der Waals surface area contributed by atoms with E-state index in [1.165, 1.54) is 0 Å². The van der Waals surface area contributed by atoms with Gasteiger partial charge in [-0.25, -0.2) is 4.79 Å². The van der Waals surface area contributed by atoms with Gasteiger partial charge in [-0.2, -0.15) is 0 Å². The standard InChI is InChI=1S/C14H13NO3/c16-12-6-5-9-3-1-2-4-10(9)13(12)11-7-8-18-14(17)15-11/h1-6,11,16H,7-8H2,(H,15,17)/t11-/m1/s1. The van der Waals surface area contributed by atoms with Crippen molar-refractivity contribution in [3.8, 4) is 5.75 Å². The third-order valence-electron chi connectivity index (χ3n) is 3.23. The number of benzene rings is 2. The van der Waals surface area contributed by atoms with Crippen molar-refractivity contribution in [3.05, 3.63) is 42.0 Å². The Morgan fingerprint density at radius 3 is 2.89 bits per heavy atom. The van der Waals surface area contributed by atoms with E-state index in [0.29, 0.717) is 13.0 Å². The van der Waals surface area contributed by atoms with Crippen LogP contribution in [0.25, 0.3) is 10.8 Å². The molecule has 1 atom stereocenters. The number of phenolic OH excluding ortho intramolecular Hbond substituents is 1. The number of nitrogens with one attached hydrogen (secondary N) is 1. The summed E-state index contributed by atoms with van der Waals surface area (Å²) in [5, 5.41) is 14.8. The summed E-state index contributed by atoms with van der Waals surface area (Å²) < 4.78 is 4.85. The lowest BCUT2D eigenvalue weighted by Crippen LogP contribution is -2.35. The Bertz CT molecular complexity index is 609. The molecular formula is C14H13NO3. The lowest BCUT2D eigenvalue weighted by molar-refractivity contribution is 0.115. The number of cyclic esters (lactones) is 1. The van der Waals surface area contributed by atoms with Gasteiger partial charge in [-0.1, -0.05) is 30.3 Å². The molecule has 0 aromatic heterocycles. The molecule has 3 rings (SSSR count). The summed E-state index contributed by atoms with van der Waals surface area (Å²) in [4.78, 5) is 11.3. The molecule has 0 unspecified atom stereocenters. The number of rotatable bonds is 1. The van der Waals surface area contributed by atoms with Crippen LogP contribution in [-0.4, -0.2) is 17.8 Å². The van der Waals surface area contributed by atoms with Gasteiger partial charge in [-0.05, 0) is 16.8 Å². The first-order chi connectivity index (χ1) is 8.75. The Kier molecular flexibility index (Phi) is 2.55. The lowest BCUT2D eigenvalue weighted by atomic mass is 9.95. The Labute approximate surface area is 104 Å². The predicted molar refractivity (Wildman–Crippen MR) is 67.5 cm³/mol. The van der Waals surface area contributed by atoms with Gasteiger partial charge >= 0.3 is 6.09 Å². The number of hydrogen-bond acceptors (Lipinski definition) is 3. The van der Waals surface area contributed by atoms with E-state index in [1.54, 1.807) is 6.07 Å². The number of amides is 1. The minimum Gasteiger partial charge on any atom is -0.508 e. The van der Waals surface area contributed by atoms with E-state index in [0.717, 1.165) is 16.3 Å². The summed E-state index contributed by atoms with van der Waals surface area (Å²) in [5.41, 5.74) is 0.768. The monoisotopic (exact) mass is 243 g/mol. The van der Waals surface area contributed by atoms with Crippen LogP contribution in [0.2, 0.25) is 0 Å². The van der Waals surface area contributed by atoms with E-state index in [2.05, 4.69) is 5.32 Å². The molecule has 1 amide bonds. The first kappa shape index (κ1) is 10.9. The van der Waals surface area contributed by atoms with Crippen LogP contribution in [0.1, 0.15) is 18.0 Å². The van der Waals surface area contributed by atoms with E-state index in [-0.39, 0.29) is 11.8 Å². The van der Waals surface area contributed by atoms with Gasteiger partial charge in [0.15, 0.2) is 0 Å². The Hall–Kier alpha value is -2.23. The van der Waals surface area contributed by atoms with E-state index in [9.17, 15) is 9.90 Å². The zero-order valence-corrected chi connectivity index (χ0v) is 9.72. The number of carbonyl (C=O) groups excluding carboxylic acids is 1. The van der Waals surface area contributed by atoms with Gasteiger partial charge < -0.3 is 15.2 Å². The van der Waals surface area contributed by atoms with Crippen molar-refractivity contribution in [2.24, 2.45) is 0 Å². The van der Waals surface area contributed by atoms with Gasteiger partial charge in [0, 0.05) is 12.0 Å². The second kappa shape index (κ2) is 4.22. The molecule has 1 saturated heterocycles. The molecule has 92 valence electrons. The molecule has 0 radical (unpaired) electrons. The van der Waals surface area contributed by atoms with Gasteiger partial charge in [0.25, 0.3) is 0 Å².